The Morgan fingerprint density at radius 1 is 1.56 bits per heavy atom. The molecule has 0 spiro atoms. The van der Waals surface area contributed by atoms with Crippen molar-refractivity contribution in [2.75, 3.05) is 13.7 Å². The highest BCUT2D eigenvalue weighted by molar-refractivity contribution is 7.10. The van der Waals surface area contributed by atoms with Gasteiger partial charge in [0.25, 0.3) is 0 Å². The molecule has 1 aliphatic rings. The second kappa shape index (κ2) is 5.66. The van der Waals surface area contributed by atoms with Crippen LogP contribution in [0.5, 0.6) is 5.75 Å². The van der Waals surface area contributed by atoms with Crippen LogP contribution in [0, 0.1) is 0 Å². The summed E-state index contributed by atoms with van der Waals surface area (Å²) < 4.78 is 5.16. The molecule has 0 aliphatic heterocycles. The predicted molar refractivity (Wildman–Crippen MR) is 68.2 cm³/mol. The zero-order valence-corrected chi connectivity index (χ0v) is 10.8. The Hall–Kier alpha value is -0.580. The molecule has 0 radical (unpaired) electrons. The minimum Gasteiger partial charge on any atom is -0.496 e. The molecule has 1 aliphatic carbocycles. The van der Waals surface area contributed by atoms with Gasteiger partial charge >= 0.3 is 0 Å². The summed E-state index contributed by atoms with van der Waals surface area (Å²) in [6.45, 7) is 4.22. The highest BCUT2D eigenvalue weighted by Gasteiger charge is 2.20. The van der Waals surface area contributed by atoms with Crippen molar-refractivity contribution in [1.29, 1.82) is 0 Å². The van der Waals surface area contributed by atoms with Crippen LogP contribution in [0.1, 0.15) is 24.6 Å². The van der Waals surface area contributed by atoms with Crippen LogP contribution >= 0.6 is 11.3 Å². The largest absolute Gasteiger partial charge is 0.496 e. The normalized spacial score (nSPS) is 17.4. The summed E-state index contributed by atoms with van der Waals surface area (Å²) in [5.74, 6) is 0.963. The van der Waals surface area contributed by atoms with Gasteiger partial charge < -0.3 is 15.4 Å². The molecular weight excluding hydrogens is 220 g/mol. The van der Waals surface area contributed by atoms with Gasteiger partial charge in [0, 0.05) is 35.4 Å². The fourth-order valence-electron chi connectivity index (χ4n) is 1.54. The number of thiophene rings is 1. The zero-order valence-electron chi connectivity index (χ0n) is 9.95. The van der Waals surface area contributed by atoms with E-state index in [0.29, 0.717) is 6.04 Å². The number of ether oxygens (including phenoxy) is 1. The van der Waals surface area contributed by atoms with Crippen molar-refractivity contribution in [3.05, 3.63) is 16.3 Å². The van der Waals surface area contributed by atoms with E-state index in [2.05, 4.69) is 23.6 Å². The molecule has 4 heteroatoms. The highest BCUT2D eigenvalue weighted by atomic mass is 32.1. The van der Waals surface area contributed by atoms with Crippen molar-refractivity contribution in [2.45, 2.75) is 38.4 Å². The van der Waals surface area contributed by atoms with Crippen molar-refractivity contribution in [1.82, 2.24) is 10.6 Å². The fourth-order valence-corrected chi connectivity index (χ4v) is 2.32. The molecule has 0 amide bonds. The van der Waals surface area contributed by atoms with E-state index in [1.165, 1.54) is 17.7 Å². The van der Waals surface area contributed by atoms with Crippen molar-refractivity contribution in [2.24, 2.45) is 0 Å². The number of hydrogen-bond acceptors (Lipinski definition) is 4. The minimum atomic E-state index is 0.522. The fraction of sp³-hybridized carbons (Fsp3) is 0.667. The summed E-state index contributed by atoms with van der Waals surface area (Å²) in [5, 5.41) is 9.08. The molecule has 2 N–H and O–H groups in total. The van der Waals surface area contributed by atoms with Gasteiger partial charge in [-0.15, -0.1) is 11.3 Å². The van der Waals surface area contributed by atoms with Gasteiger partial charge in [-0.05, 0) is 25.8 Å². The van der Waals surface area contributed by atoms with Crippen LogP contribution in [0.4, 0.5) is 0 Å². The lowest BCUT2D eigenvalue weighted by Gasteiger charge is -2.13. The van der Waals surface area contributed by atoms with Gasteiger partial charge in [0.2, 0.25) is 0 Å². The third-order valence-electron chi connectivity index (χ3n) is 2.78. The quantitative estimate of drug-likeness (QED) is 0.764. The molecule has 1 heterocycles. The van der Waals surface area contributed by atoms with Crippen LogP contribution < -0.4 is 15.4 Å². The lowest BCUT2D eigenvalue weighted by Crippen LogP contribution is -2.36. The number of methoxy groups -OCH3 is 1. The van der Waals surface area contributed by atoms with Gasteiger partial charge in [0.1, 0.15) is 5.75 Å². The van der Waals surface area contributed by atoms with Crippen LogP contribution in [0.15, 0.2) is 11.4 Å². The molecule has 16 heavy (non-hydrogen) atoms. The lowest BCUT2D eigenvalue weighted by atomic mass is 10.3. The maximum Gasteiger partial charge on any atom is 0.129 e. The number of rotatable bonds is 7. The predicted octanol–water partition coefficient (Wildman–Crippen LogP) is 1.99. The van der Waals surface area contributed by atoms with E-state index in [4.69, 9.17) is 4.74 Å². The first-order valence-corrected chi connectivity index (χ1v) is 6.74. The van der Waals surface area contributed by atoms with Gasteiger partial charge in [-0.3, -0.25) is 0 Å². The summed E-state index contributed by atoms with van der Waals surface area (Å²) in [5.41, 5.74) is 0. The molecule has 1 saturated carbocycles. The summed E-state index contributed by atoms with van der Waals surface area (Å²) in [6, 6.07) is 3.42. The van der Waals surface area contributed by atoms with Gasteiger partial charge in [-0.25, -0.2) is 0 Å². The second-order valence-corrected chi connectivity index (χ2v) is 5.41. The summed E-state index contributed by atoms with van der Waals surface area (Å²) in [6.07, 6.45) is 2.71. The molecular formula is C12H20N2OS. The molecule has 3 nitrogen and oxygen atoms in total. The van der Waals surface area contributed by atoms with Crippen LogP contribution in [-0.2, 0) is 6.54 Å². The molecule has 2 rings (SSSR count). The van der Waals surface area contributed by atoms with Crippen molar-refractivity contribution in [3.63, 3.8) is 0 Å². The molecule has 1 fully saturated rings. The monoisotopic (exact) mass is 240 g/mol. The molecule has 0 aromatic carbocycles. The maximum absolute atomic E-state index is 5.16. The van der Waals surface area contributed by atoms with Crippen LogP contribution in [-0.4, -0.2) is 25.7 Å². The summed E-state index contributed by atoms with van der Waals surface area (Å²) >= 11 is 1.74. The van der Waals surface area contributed by atoms with E-state index in [1.54, 1.807) is 18.4 Å². The Bertz CT molecular complexity index is 323. The molecule has 0 bridgehead atoms. The third-order valence-corrected chi connectivity index (χ3v) is 3.70. The molecule has 1 unspecified atom stereocenters. The number of hydrogen-bond donors (Lipinski definition) is 2. The SMILES string of the molecule is COc1csc(CNC(C)CNC2CC2)c1. The Labute approximate surface area is 101 Å². The molecule has 1 aromatic rings. The third kappa shape index (κ3) is 3.77. The molecule has 1 atom stereocenters. The minimum absolute atomic E-state index is 0.522. The van der Waals surface area contributed by atoms with E-state index >= 15 is 0 Å². The van der Waals surface area contributed by atoms with Crippen molar-refractivity contribution < 1.29 is 4.74 Å². The Morgan fingerprint density at radius 2 is 2.38 bits per heavy atom. The average molecular weight is 240 g/mol. The first-order valence-electron chi connectivity index (χ1n) is 5.86. The summed E-state index contributed by atoms with van der Waals surface area (Å²) in [4.78, 5) is 1.33. The van der Waals surface area contributed by atoms with Gasteiger partial charge in [-0.1, -0.05) is 0 Å². The first-order chi connectivity index (χ1) is 7.78. The average Bonchev–Trinajstić information content (AvgIpc) is 3.01. The lowest BCUT2D eigenvalue weighted by molar-refractivity contribution is 0.416. The highest BCUT2D eigenvalue weighted by Crippen LogP contribution is 2.21. The topological polar surface area (TPSA) is 33.3 Å². The zero-order chi connectivity index (χ0) is 11.4. The smallest absolute Gasteiger partial charge is 0.129 e. The van der Waals surface area contributed by atoms with E-state index in [-0.39, 0.29) is 0 Å². The second-order valence-electron chi connectivity index (χ2n) is 4.42. The maximum atomic E-state index is 5.16. The van der Waals surface area contributed by atoms with E-state index in [9.17, 15) is 0 Å². The van der Waals surface area contributed by atoms with Crippen molar-refractivity contribution in [3.8, 4) is 5.75 Å². The van der Waals surface area contributed by atoms with E-state index in [1.807, 2.05) is 5.38 Å². The first kappa shape index (κ1) is 11.9. The van der Waals surface area contributed by atoms with E-state index < -0.39 is 0 Å². The molecule has 0 saturated heterocycles. The number of nitrogens with one attached hydrogen (secondary N) is 2. The van der Waals surface area contributed by atoms with Crippen LogP contribution in [0.3, 0.4) is 0 Å². The molecule has 90 valence electrons. The van der Waals surface area contributed by atoms with Crippen LogP contribution in [0.25, 0.3) is 0 Å². The van der Waals surface area contributed by atoms with E-state index in [0.717, 1.165) is 24.9 Å². The summed E-state index contributed by atoms with van der Waals surface area (Å²) in [7, 11) is 1.71. The Morgan fingerprint density at radius 3 is 3.00 bits per heavy atom. The van der Waals surface area contributed by atoms with Gasteiger partial charge in [0.05, 0.1) is 7.11 Å². The Balaban J connectivity index is 1.64. The standard InChI is InChI=1S/C12H20N2OS/c1-9(6-14-10-3-4-10)13-7-12-5-11(15-2)8-16-12/h5,8-10,13-14H,3-4,6-7H2,1-2H3. The Kier molecular flexibility index (Phi) is 4.21. The van der Waals surface area contributed by atoms with Crippen molar-refractivity contribution >= 4 is 11.3 Å². The van der Waals surface area contributed by atoms with Gasteiger partial charge in [-0.2, -0.15) is 0 Å². The van der Waals surface area contributed by atoms with Gasteiger partial charge in [0.15, 0.2) is 0 Å². The van der Waals surface area contributed by atoms with Crippen LogP contribution in [0.2, 0.25) is 0 Å². The molecule has 1 aromatic heterocycles.